The highest BCUT2D eigenvalue weighted by Crippen LogP contribution is 2.28. The maximum Gasteiger partial charge on any atom is 0.261 e. The lowest BCUT2D eigenvalue weighted by molar-refractivity contribution is -0.143. The molecular formula is C28H29Br2ClN2O3. The molecule has 0 aliphatic heterocycles. The van der Waals surface area contributed by atoms with E-state index in [0.717, 1.165) is 26.5 Å². The first-order valence-electron chi connectivity index (χ1n) is 11.7. The average Bonchev–Trinajstić information content (AvgIpc) is 2.86. The van der Waals surface area contributed by atoms with Gasteiger partial charge in [-0.1, -0.05) is 92.8 Å². The van der Waals surface area contributed by atoms with Crippen LogP contribution in [0.25, 0.3) is 0 Å². The summed E-state index contributed by atoms with van der Waals surface area (Å²) in [5.41, 5.74) is 1.86. The van der Waals surface area contributed by atoms with Crippen LogP contribution in [0.15, 0.2) is 81.7 Å². The maximum absolute atomic E-state index is 13.6. The second-order valence-electron chi connectivity index (χ2n) is 8.54. The molecule has 5 nitrogen and oxygen atoms in total. The summed E-state index contributed by atoms with van der Waals surface area (Å²) in [5.74, 6) is -0.105. The van der Waals surface area contributed by atoms with E-state index in [1.165, 1.54) is 0 Å². The molecule has 0 heterocycles. The normalized spacial score (nSPS) is 12.5. The fourth-order valence-corrected chi connectivity index (χ4v) is 4.82. The first-order valence-corrected chi connectivity index (χ1v) is 13.7. The molecule has 0 aliphatic carbocycles. The van der Waals surface area contributed by atoms with Gasteiger partial charge in [-0.2, -0.15) is 0 Å². The van der Waals surface area contributed by atoms with E-state index in [1.54, 1.807) is 23.1 Å². The molecule has 2 atom stereocenters. The molecule has 2 amide bonds. The molecule has 3 aromatic carbocycles. The standard InChI is InChI=1S/C28H29Br2ClN2O3/c1-3-19(2)32-28(35)25(15-20-8-5-4-6-9-20)33(17-21-10-7-11-22(29)14-21)27(34)18-36-26-13-12-23(30)16-24(26)31/h4-14,16,19,25H,3,15,17-18H2,1-2H3,(H,32,35)/t19-,25-/m0/s1. The molecule has 0 saturated carbocycles. The van der Waals surface area contributed by atoms with Gasteiger partial charge in [0.05, 0.1) is 5.02 Å². The Morgan fingerprint density at radius 3 is 2.33 bits per heavy atom. The van der Waals surface area contributed by atoms with Crippen molar-refractivity contribution in [3.05, 3.63) is 97.9 Å². The molecule has 0 saturated heterocycles. The highest BCUT2D eigenvalue weighted by Gasteiger charge is 2.31. The Labute approximate surface area is 234 Å². The molecule has 190 valence electrons. The number of rotatable bonds is 11. The largest absolute Gasteiger partial charge is 0.482 e. The molecule has 0 radical (unpaired) electrons. The fraction of sp³-hybridized carbons (Fsp3) is 0.286. The van der Waals surface area contributed by atoms with Crippen molar-refractivity contribution in [1.29, 1.82) is 0 Å². The lowest BCUT2D eigenvalue weighted by atomic mass is 10.0. The van der Waals surface area contributed by atoms with Crippen molar-refractivity contribution < 1.29 is 14.3 Å². The predicted octanol–water partition coefficient (Wildman–Crippen LogP) is 6.80. The van der Waals surface area contributed by atoms with Crippen molar-refractivity contribution >= 4 is 55.3 Å². The second-order valence-corrected chi connectivity index (χ2v) is 10.8. The third-order valence-corrected chi connectivity index (χ3v) is 7.04. The number of carbonyl (C=O) groups is 2. The zero-order chi connectivity index (χ0) is 26.1. The summed E-state index contributed by atoms with van der Waals surface area (Å²) in [4.78, 5) is 28.7. The van der Waals surface area contributed by atoms with Crippen LogP contribution in [0.4, 0.5) is 0 Å². The van der Waals surface area contributed by atoms with E-state index >= 15 is 0 Å². The maximum atomic E-state index is 13.6. The van der Waals surface area contributed by atoms with E-state index in [-0.39, 0.29) is 31.0 Å². The summed E-state index contributed by atoms with van der Waals surface area (Å²) in [6.45, 7) is 3.96. The number of hydrogen-bond acceptors (Lipinski definition) is 3. The van der Waals surface area contributed by atoms with Gasteiger partial charge in [0, 0.05) is 28.0 Å². The minimum Gasteiger partial charge on any atom is -0.482 e. The Morgan fingerprint density at radius 1 is 0.972 bits per heavy atom. The van der Waals surface area contributed by atoms with Gasteiger partial charge < -0.3 is 15.0 Å². The van der Waals surface area contributed by atoms with Crippen LogP contribution in [-0.2, 0) is 22.6 Å². The molecule has 0 spiro atoms. The Balaban J connectivity index is 1.92. The van der Waals surface area contributed by atoms with Crippen LogP contribution in [0.5, 0.6) is 5.75 Å². The molecule has 0 fully saturated rings. The summed E-state index contributed by atoms with van der Waals surface area (Å²) < 4.78 is 7.50. The quantitative estimate of drug-likeness (QED) is 0.252. The van der Waals surface area contributed by atoms with Crippen LogP contribution >= 0.6 is 43.5 Å². The monoisotopic (exact) mass is 634 g/mol. The third-order valence-electron chi connectivity index (χ3n) is 5.76. The smallest absolute Gasteiger partial charge is 0.261 e. The molecule has 0 aromatic heterocycles. The fourth-order valence-electron chi connectivity index (χ4n) is 3.64. The first kappa shape index (κ1) is 28.2. The van der Waals surface area contributed by atoms with Gasteiger partial charge >= 0.3 is 0 Å². The van der Waals surface area contributed by atoms with E-state index in [2.05, 4.69) is 37.2 Å². The number of nitrogens with zero attached hydrogens (tertiary/aromatic N) is 1. The van der Waals surface area contributed by atoms with Crippen LogP contribution in [-0.4, -0.2) is 35.4 Å². The lowest BCUT2D eigenvalue weighted by Gasteiger charge is -2.32. The van der Waals surface area contributed by atoms with E-state index in [0.29, 0.717) is 17.2 Å². The summed E-state index contributed by atoms with van der Waals surface area (Å²) in [7, 11) is 0. The molecule has 0 unspecified atom stereocenters. The predicted molar refractivity (Wildman–Crippen MR) is 151 cm³/mol. The number of nitrogens with one attached hydrogen (secondary N) is 1. The highest BCUT2D eigenvalue weighted by atomic mass is 79.9. The Kier molecular flexibility index (Phi) is 10.8. The number of ether oxygens (including phenoxy) is 1. The Morgan fingerprint density at radius 2 is 1.67 bits per heavy atom. The van der Waals surface area contributed by atoms with Crippen molar-refractivity contribution in [3.63, 3.8) is 0 Å². The number of hydrogen-bond donors (Lipinski definition) is 1. The van der Waals surface area contributed by atoms with E-state index < -0.39 is 6.04 Å². The van der Waals surface area contributed by atoms with Gasteiger partial charge in [0.25, 0.3) is 5.91 Å². The summed E-state index contributed by atoms with van der Waals surface area (Å²) in [6.07, 6.45) is 1.16. The van der Waals surface area contributed by atoms with Crippen LogP contribution < -0.4 is 10.1 Å². The minimum absolute atomic E-state index is 0.0172. The Hall–Kier alpha value is -2.35. The zero-order valence-corrected chi connectivity index (χ0v) is 24.1. The van der Waals surface area contributed by atoms with Gasteiger partial charge in [0.2, 0.25) is 5.91 Å². The van der Waals surface area contributed by atoms with Gasteiger partial charge in [-0.25, -0.2) is 0 Å². The number of carbonyl (C=O) groups excluding carboxylic acids is 2. The molecule has 0 aliphatic rings. The van der Waals surface area contributed by atoms with E-state index in [1.807, 2.05) is 68.4 Å². The molecule has 1 N–H and O–H groups in total. The van der Waals surface area contributed by atoms with Gasteiger partial charge in [-0.05, 0) is 54.8 Å². The summed E-state index contributed by atoms with van der Waals surface area (Å²) >= 11 is 13.2. The molecule has 8 heteroatoms. The first-order chi connectivity index (χ1) is 17.3. The Bertz CT molecular complexity index is 1180. The minimum atomic E-state index is -0.725. The van der Waals surface area contributed by atoms with Gasteiger partial charge in [-0.3, -0.25) is 9.59 Å². The zero-order valence-electron chi connectivity index (χ0n) is 20.2. The van der Waals surface area contributed by atoms with Gasteiger partial charge in [0.15, 0.2) is 6.61 Å². The highest BCUT2D eigenvalue weighted by molar-refractivity contribution is 9.10. The number of halogens is 3. The van der Waals surface area contributed by atoms with Crippen molar-refractivity contribution in [1.82, 2.24) is 10.2 Å². The van der Waals surface area contributed by atoms with Crippen molar-refractivity contribution in [3.8, 4) is 5.75 Å². The average molecular weight is 637 g/mol. The number of amides is 2. The van der Waals surface area contributed by atoms with Gasteiger partial charge in [0.1, 0.15) is 11.8 Å². The SMILES string of the molecule is CC[C@H](C)NC(=O)[C@H](Cc1ccccc1)N(Cc1cccc(Br)c1)C(=O)COc1ccc(Br)cc1Cl. The summed E-state index contributed by atoms with van der Waals surface area (Å²) in [5, 5.41) is 3.46. The number of benzene rings is 3. The second kappa shape index (κ2) is 13.8. The van der Waals surface area contributed by atoms with Crippen LogP contribution in [0.1, 0.15) is 31.4 Å². The van der Waals surface area contributed by atoms with E-state index in [4.69, 9.17) is 16.3 Å². The molecule has 36 heavy (non-hydrogen) atoms. The van der Waals surface area contributed by atoms with E-state index in [9.17, 15) is 9.59 Å². The molecule has 0 bridgehead atoms. The van der Waals surface area contributed by atoms with Crippen molar-refractivity contribution in [2.24, 2.45) is 0 Å². The van der Waals surface area contributed by atoms with Crippen LogP contribution in [0.2, 0.25) is 5.02 Å². The molecule has 3 rings (SSSR count). The summed E-state index contributed by atoms with van der Waals surface area (Å²) in [6, 6.07) is 21.9. The molecular weight excluding hydrogens is 608 g/mol. The van der Waals surface area contributed by atoms with Crippen molar-refractivity contribution in [2.45, 2.75) is 45.3 Å². The topological polar surface area (TPSA) is 58.6 Å². The van der Waals surface area contributed by atoms with Crippen LogP contribution in [0, 0.1) is 0 Å². The van der Waals surface area contributed by atoms with Crippen LogP contribution in [0.3, 0.4) is 0 Å². The molecule has 3 aromatic rings. The third kappa shape index (κ3) is 8.36. The van der Waals surface area contributed by atoms with Gasteiger partial charge in [-0.15, -0.1) is 0 Å². The van der Waals surface area contributed by atoms with Crippen molar-refractivity contribution in [2.75, 3.05) is 6.61 Å². The lowest BCUT2D eigenvalue weighted by Crippen LogP contribution is -2.53.